The van der Waals surface area contributed by atoms with Gasteiger partial charge in [0, 0.05) is 26.2 Å². The number of amides is 10. The van der Waals surface area contributed by atoms with Crippen LogP contribution >= 0.6 is 0 Å². The van der Waals surface area contributed by atoms with E-state index in [9.17, 15) is 53.1 Å². The maximum atomic E-state index is 14.4. The topological polar surface area (TPSA) is 487 Å². The Morgan fingerprint density at radius 3 is 1.66 bits per heavy atom. The molecule has 90 heavy (non-hydrogen) atoms. The first kappa shape index (κ1) is 73.0. The number of rotatable bonds is 37. The van der Waals surface area contributed by atoms with E-state index in [1.54, 1.807) is 26.0 Å². The van der Waals surface area contributed by atoms with E-state index in [-0.39, 0.29) is 88.6 Å². The van der Waals surface area contributed by atoms with Crippen LogP contribution in [0.3, 0.4) is 0 Å². The van der Waals surface area contributed by atoms with Crippen LogP contribution in [0.1, 0.15) is 84.8 Å². The van der Waals surface area contributed by atoms with Crippen molar-refractivity contribution in [1.82, 2.24) is 58.1 Å². The third-order valence-corrected chi connectivity index (χ3v) is 13.7. The van der Waals surface area contributed by atoms with Crippen molar-refractivity contribution in [3.05, 3.63) is 96.1 Å². The molecule has 0 bridgehead atoms. The van der Waals surface area contributed by atoms with Crippen molar-refractivity contribution in [3.8, 4) is 0 Å². The molecule has 0 heterocycles. The van der Waals surface area contributed by atoms with E-state index < -0.39 is 121 Å². The molecule has 0 saturated heterocycles. The number of carbonyl (C=O) groups is 10. The van der Waals surface area contributed by atoms with Gasteiger partial charge < -0.3 is 76.7 Å². The van der Waals surface area contributed by atoms with Crippen LogP contribution in [0.25, 0.3) is 21.5 Å². The van der Waals surface area contributed by atoms with Gasteiger partial charge in [-0.2, -0.15) is 0 Å². The fourth-order valence-corrected chi connectivity index (χ4v) is 9.28. The zero-order valence-corrected chi connectivity index (χ0v) is 51.8. The van der Waals surface area contributed by atoms with Crippen LogP contribution in [0.15, 0.2) is 94.9 Å². The van der Waals surface area contributed by atoms with Gasteiger partial charge in [-0.1, -0.05) is 107 Å². The molecule has 0 aliphatic rings. The molecule has 0 unspecified atom stereocenters. The van der Waals surface area contributed by atoms with Crippen LogP contribution in [0.4, 0.5) is 0 Å². The number of carbonyl (C=O) groups excluding carboxylic acids is 10. The van der Waals surface area contributed by atoms with Gasteiger partial charge in [-0.15, -0.1) is 0 Å². The summed E-state index contributed by atoms with van der Waals surface area (Å²) in [6.45, 7) is 7.39. The lowest BCUT2D eigenvalue weighted by Gasteiger charge is -2.29. The van der Waals surface area contributed by atoms with E-state index in [0.29, 0.717) is 5.56 Å². The van der Waals surface area contributed by atoms with Crippen molar-refractivity contribution in [1.29, 1.82) is 0 Å². The Bertz CT molecular complexity index is 3180. The average Bonchev–Trinajstić information content (AvgIpc) is 1.24. The fraction of sp³-hybridized carbons (Fsp3) is 0.467. The number of nitrogens with two attached hydrogens (primary N) is 6. The van der Waals surface area contributed by atoms with Crippen molar-refractivity contribution < 1.29 is 53.1 Å². The summed E-state index contributed by atoms with van der Waals surface area (Å²) in [5, 5.41) is 34.0. The smallest absolute Gasteiger partial charge is 0.256 e. The number of nitrogens with zero attached hydrogens (tertiary/aromatic N) is 4. The molecule has 30 heteroatoms. The zero-order valence-electron chi connectivity index (χ0n) is 51.8. The lowest BCUT2D eigenvalue weighted by molar-refractivity contribution is -0.136. The Balaban J connectivity index is 1.52. The van der Waals surface area contributed by atoms with Gasteiger partial charge in [0.05, 0.1) is 32.3 Å². The lowest BCUT2D eigenvalue weighted by atomic mass is 10.0. The minimum atomic E-state index is -1.56. The summed E-state index contributed by atoms with van der Waals surface area (Å²) in [6, 6.07) is 17.4. The molecule has 0 saturated carbocycles. The van der Waals surface area contributed by atoms with Crippen LogP contribution in [0, 0.1) is 11.8 Å². The molecule has 0 aliphatic carbocycles. The maximum absolute atomic E-state index is 14.4. The van der Waals surface area contributed by atoms with Crippen molar-refractivity contribution in [2.75, 3.05) is 39.3 Å². The van der Waals surface area contributed by atoms with Crippen molar-refractivity contribution in [3.63, 3.8) is 0 Å². The van der Waals surface area contributed by atoms with Gasteiger partial charge in [-0.25, -0.2) is 10.0 Å². The van der Waals surface area contributed by atoms with Crippen LogP contribution in [0.5, 0.6) is 0 Å². The number of hydrazine groups is 2. The van der Waals surface area contributed by atoms with Gasteiger partial charge in [0.25, 0.3) is 11.8 Å². The number of hydrogen-bond acceptors (Lipinski definition) is 16. The summed E-state index contributed by atoms with van der Waals surface area (Å²) in [7, 11) is 0. The monoisotopic (exact) mass is 1250 g/mol. The van der Waals surface area contributed by atoms with Crippen LogP contribution < -0.4 is 82.5 Å². The van der Waals surface area contributed by atoms with E-state index in [1.165, 1.54) is 23.9 Å². The van der Waals surface area contributed by atoms with Gasteiger partial charge in [-0.3, -0.25) is 68.8 Å². The normalized spacial score (nSPS) is 13.6. The third-order valence-electron chi connectivity index (χ3n) is 13.7. The highest BCUT2D eigenvalue weighted by Gasteiger charge is 2.32. The predicted molar refractivity (Wildman–Crippen MR) is 339 cm³/mol. The molecule has 7 atom stereocenters. The molecule has 0 aliphatic heterocycles. The van der Waals surface area contributed by atoms with E-state index >= 15 is 0 Å². The number of aliphatic imine (C=N–C) groups is 2. The van der Waals surface area contributed by atoms with Crippen molar-refractivity contribution in [2.24, 2.45) is 56.2 Å². The Hall–Kier alpha value is -9.52. The molecule has 22 N–H and O–H groups in total. The van der Waals surface area contributed by atoms with Gasteiger partial charge in [0.2, 0.25) is 47.3 Å². The van der Waals surface area contributed by atoms with Gasteiger partial charge in [-0.05, 0) is 96.5 Å². The van der Waals surface area contributed by atoms with Crippen molar-refractivity contribution in [2.45, 2.75) is 129 Å². The number of aliphatic hydroxyl groups excluding tert-OH is 1. The highest BCUT2D eigenvalue weighted by molar-refractivity contribution is 5.97. The summed E-state index contributed by atoms with van der Waals surface area (Å²) in [5.74, 6) is -8.63. The van der Waals surface area contributed by atoms with Crippen molar-refractivity contribution >= 4 is 92.5 Å². The number of guanidine groups is 2. The molecular formula is C60H89N19O11. The summed E-state index contributed by atoms with van der Waals surface area (Å²) >= 11 is 0. The van der Waals surface area contributed by atoms with E-state index in [4.69, 9.17) is 34.4 Å². The molecule has 30 nitrogen and oxygen atoms in total. The van der Waals surface area contributed by atoms with Gasteiger partial charge in [0.1, 0.15) is 36.3 Å². The molecule has 4 rings (SSSR count). The first-order chi connectivity index (χ1) is 42.6. The van der Waals surface area contributed by atoms with Crippen LogP contribution in [0.2, 0.25) is 0 Å². The Morgan fingerprint density at radius 2 is 1.03 bits per heavy atom. The summed E-state index contributed by atoms with van der Waals surface area (Å²) < 4.78 is 0. The Labute approximate surface area is 522 Å². The first-order valence-corrected chi connectivity index (χ1v) is 29.5. The average molecular weight is 1250 g/mol. The first-order valence-electron chi connectivity index (χ1n) is 29.5. The SMILES string of the molecule is CC(C)C[C@H](NC(=O)CN(Cc1cccc2ccccc12)NC(=O)[C@H](C)NC(=O)[C@H](CCN=C(N)N)NC(=O)CNC(=O)[C@H](CO)NC(=O)[C@H](CC(C)C)NC(=O)[C@H](C)N)C(=O)N[C@H](CCCN=C(N)N)C(=O)NN(CC(N)=O)Cc1ccc2ccccc2c1. The molecule has 0 fully saturated rings. The van der Waals surface area contributed by atoms with E-state index in [0.717, 1.165) is 27.1 Å². The van der Waals surface area contributed by atoms with E-state index in [1.807, 2.05) is 86.6 Å². The standard InChI is InChI=1S/C60H89N19O11/c1-34(2)25-46(56(88)73-44(19-12-23-67-59(63)64)58(90)77-78(31-49(62)81)29-38-20-21-39-13-7-8-15-41(39)27-38)72-51(83)32-79(30-42-17-11-16-40-14-9-10-18-43(40)42)76-53(85)37(6)70-55(87)45(22-24-68-60(65)66)71-50(82)28-69-54(86)48(33-80)75-57(89)47(26-35(3)4)74-52(84)36(5)61/h7-11,13-18,20-21,27,34-37,44-48,80H,12,19,22-26,28-33,61H2,1-6H3,(H2,62,81)(H,69,86)(H,70,87)(H,71,82)(H,72,83)(H,73,88)(H,74,84)(H,75,89)(H,76,85)(H,77,90)(H4,63,64,67)(H4,65,66,68)/t36-,37-,44+,45-,46-,47-,48-/m0/s1. The minimum absolute atomic E-state index is 0.0199. The van der Waals surface area contributed by atoms with E-state index in [2.05, 4.69) is 58.1 Å². The summed E-state index contributed by atoms with van der Waals surface area (Å²) in [4.78, 5) is 143. The van der Waals surface area contributed by atoms with Crippen LogP contribution in [-0.4, -0.2) is 168 Å². The number of benzene rings is 4. The molecule has 490 valence electrons. The van der Waals surface area contributed by atoms with Crippen LogP contribution in [-0.2, 0) is 61.0 Å². The molecule has 4 aromatic rings. The molecule has 0 aromatic heterocycles. The summed E-state index contributed by atoms with van der Waals surface area (Å²) in [5.41, 5.74) is 40.3. The second-order valence-corrected chi connectivity index (χ2v) is 22.6. The number of fused-ring (bicyclic) bond motifs is 2. The second-order valence-electron chi connectivity index (χ2n) is 22.6. The molecular weight excluding hydrogens is 1160 g/mol. The largest absolute Gasteiger partial charge is 0.394 e. The predicted octanol–water partition coefficient (Wildman–Crippen LogP) is -2.96. The van der Waals surface area contributed by atoms with Gasteiger partial charge in [0.15, 0.2) is 11.9 Å². The molecule has 10 amide bonds. The minimum Gasteiger partial charge on any atom is -0.394 e. The highest BCUT2D eigenvalue weighted by Crippen LogP contribution is 2.21. The fourth-order valence-electron chi connectivity index (χ4n) is 9.28. The third kappa shape index (κ3) is 25.7. The Kier molecular flexibility index (Phi) is 29.8. The number of hydrogen-bond donors (Lipinski definition) is 16. The van der Waals surface area contributed by atoms with Gasteiger partial charge >= 0.3 is 0 Å². The molecule has 0 spiro atoms. The number of aliphatic hydroxyl groups is 1. The summed E-state index contributed by atoms with van der Waals surface area (Å²) in [6.07, 6.45) is 0.307. The molecule has 0 radical (unpaired) electrons. The lowest BCUT2D eigenvalue weighted by Crippen LogP contribution is -2.59. The number of primary amides is 1. The number of nitrogens with one attached hydrogen (secondary N) is 9. The highest BCUT2D eigenvalue weighted by atomic mass is 16.3. The Morgan fingerprint density at radius 1 is 0.500 bits per heavy atom. The zero-order chi connectivity index (χ0) is 66.6. The molecule has 4 aromatic carbocycles. The maximum Gasteiger partial charge on any atom is 0.256 e. The second kappa shape index (κ2) is 36.7. The quantitative estimate of drug-likeness (QED) is 0.00928.